The average molecular weight is 228 g/mol. The summed E-state index contributed by atoms with van der Waals surface area (Å²) < 4.78 is 0. The van der Waals surface area contributed by atoms with Gasteiger partial charge in [-0.3, -0.25) is 4.79 Å². The number of rotatable bonds is 4. The number of carbonyl (C=O) groups is 1. The van der Waals surface area contributed by atoms with E-state index in [1.807, 2.05) is 24.3 Å². The number of carboxylic acid groups (broad SMARTS) is 1. The molecule has 3 N–H and O–H groups in total. The van der Waals surface area contributed by atoms with Gasteiger partial charge in [-0.1, -0.05) is 24.3 Å². The second kappa shape index (κ2) is 4.64. The van der Waals surface area contributed by atoms with Crippen molar-refractivity contribution >= 4 is 17.6 Å². The summed E-state index contributed by atoms with van der Waals surface area (Å²) in [4.78, 5) is 10.8. The van der Waals surface area contributed by atoms with Gasteiger partial charge < -0.3 is 10.8 Å². The number of aliphatic carboxylic acids is 1. The van der Waals surface area contributed by atoms with Crippen LogP contribution in [-0.4, -0.2) is 16.6 Å². The molecule has 1 aromatic carbocycles. The molecule has 82 valence electrons. The lowest BCUT2D eigenvalue weighted by molar-refractivity contribution is -0.142. The van der Waals surface area contributed by atoms with Gasteiger partial charge in [0.1, 0.15) is 5.54 Å². The van der Waals surface area contributed by atoms with Crippen LogP contribution in [0.4, 0.5) is 0 Å². The lowest BCUT2D eigenvalue weighted by Gasteiger charge is -2.19. The van der Waals surface area contributed by atoms with E-state index >= 15 is 0 Å². The van der Waals surface area contributed by atoms with Crippen LogP contribution in [0.3, 0.4) is 0 Å². The molecule has 1 unspecified atom stereocenters. The van der Waals surface area contributed by atoms with Gasteiger partial charge in [0.2, 0.25) is 0 Å². The molecule has 0 saturated carbocycles. The van der Waals surface area contributed by atoms with Crippen LogP contribution in [0, 0.1) is 0 Å². The summed E-state index contributed by atoms with van der Waals surface area (Å²) in [5.74, 6) is -0.582. The molecule has 4 heteroatoms. The van der Waals surface area contributed by atoms with Gasteiger partial charge in [-0.05, 0) is 18.1 Å². The predicted molar refractivity (Wildman–Crippen MR) is 59.9 cm³/mol. The Hall–Kier alpha value is -1.06. The summed E-state index contributed by atoms with van der Waals surface area (Å²) in [6.45, 7) is 1.50. The molecule has 0 spiro atoms. The summed E-state index contributed by atoms with van der Waals surface area (Å²) in [6.07, 6.45) is 0.299. The number of alkyl halides is 1. The number of hydrogen-bond donors (Lipinski definition) is 2. The van der Waals surface area contributed by atoms with E-state index in [1.54, 1.807) is 0 Å². The Morgan fingerprint density at radius 2 is 2.13 bits per heavy atom. The molecule has 0 saturated heterocycles. The molecule has 0 amide bonds. The minimum atomic E-state index is -1.23. The van der Waals surface area contributed by atoms with Gasteiger partial charge in [-0.2, -0.15) is 0 Å². The molecule has 1 aromatic rings. The zero-order chi connectivity index (χ0) is 11.5. The van der Waals surface area contributed by atoms with Crippen LogP contribution < -0.4 is 5.73 Å². The highest BCUT2D eigenvalue weighted by molar-refractivity contribution is 6.17. The van der Waals surface area contributed by atoms with Crippen LogP contribution in [0.5, 0.6) is 0 Å². The molecule has 15 heavy (non-hydrogen) atoms. The van der Waals surface area contributed by atoms with Crippen molar-refractivity contribution in [3.8, 4) is 0 Å². The third-order valence-corrected chi connectivity index (χ3v) is 2.51. The molecule has 0 aromatic heterocycles. The van der Waals surface area contributed by atoms with E-state index < -0.39 is 11.5 Å². The van der Waals surface area contributed by atoms with E-state index in [9.17, 15) is 4.79 Å². The fourth-order valence-corrected chi connectivity index (χ4v) is 1.49. The molecule has 0 radical (unpaired) electrons. The van der Waals surface area contributed by atoms with Gasteiger partial charge in [0.15, 0.2) is 0 Å². The van der Waals surface area contributed by atoms with Crippen molar-refractivity contribution in [3.05, 3.63) is 35.4 Å². The maximum atomic E-state index is 10.8. The van der Waals surface area contributed by atoms with Crippen LogP contribution in [0.15, 0.2) is 24.3 Å². The van der Waals surface area contributed by atoms with Crippen molar-refractivity contribution < 1.29 is 9.90 Å². The van der Waals surface area contributed by atoms with Crippen LogP contribution in [0.25, 0.3) is 0 Å². The minimum Gasteiger partial charge on any atom is -0.480 e. The highest BCUT2D eigenvalue weighted by Crippen LogP contribution is 2.14. The summed E-state index contributed by atoms with van der Waals surface area (Å²) in [6, 6.07) is 7.47. The fraction of sp³-hybridized carbons (Fsp3) is 0.364. The number of carboxylic acids is 1. The lowest BCUT2D eigenvalue weighted by atomic mass is 9.93. The van der Waals surface area contributed by atoms with E-state index in [-0.39, 0.29) is 0 Å². The molecule has 0 fully saturated rings. The van der Waals surface area contributed by atoms with Gasteiger partial charge in [0.25, 0.3) is 0 Å². The van der Waals surface area contributed by atoms with E-state index in [0.29, 0.717) is 12.3 Å². The molecular formula is C11H14ClNO2. The standard InChI is InChI=1S/C11H14ClNO2/c1-11(13,10(14)15)6-8-3-2-4-9(5-8)7-12/h2-5H,6-7,13H2,1H3,(H,14,15). The first-order valence-corrected chi connectivity index (χ1v) is 5.15. The van der Waals surface area contributed by atoms with Crippen LogP contribution in [0.1, 0.15) is 18.1 Å². The van der Waals surface area contributed by atoms with Crippen LogP contribution in [-0.2, 0) is 17.1 Å². The second-order valence-corrected chi connectivity index (χ2v) is 4.12. The quantitative estimate of drug-likeness (QED) is 0.771. The van der Waals surface area contributed by atoms with Gasteiger partial charge in [-0.25, -0.2) is 0 Å². The highest BCUT2D eigenvalue weighted by atomic mass is 35.5. The Kier molecular flexibility index (Phi) is 3.72. The third kappa shape index (κ3) is 3.22. The maximum absolute atomic E-state index is 10.8. The number of halogens is 1. The summed E-state index contributed by atoms with van der Waals surface area (Å²) >= 11 is 5.69. The molecule has 0 aliphatic rings. The molecule has 0 aliphatic carbocycles. The van der Waals surface area contributed by atoms with Crippen molar-refractivity contribution in [1.29, 1.82) is 0 Å². The van der Waals surface area contributed by atoms with E-state index in [2.05, 4.69) is 0 Å². The van der Waals surface area contributed by atoms with Crippen molar-refractivity contribution in [1.82, 2.24) is 0 Å². The Morgan fingerprint density at radius 1 is 1.53 bits per heavy atom. The van der Waals surface area contributed by atoms with Gasteiger partial charge in [0.05, 0.1) is 0 Å². The van der Waals surface area contributed by atoms with Crippen LogP contribution >= 0.6 is 11.6 Å². The Labute approximate surface area is 93.9 Å². The number of nitrogens with two attached hydrogens (primary N) is 1. The molecule has 0 heterocycles. The molecule has 3 nitrogen and oxygen atoms in total. The number of benzene rings is 1. The minimum absolute atomic E-state index is 0.299. The molecule has 1 rings (SSSR count). The fourth-order valence-electron chi connectivity index (χ4n) is 1.32. The zero-order valence-electron chi connectivity index (χ0n) is 8.53. The Bertz CT molecular complexity index is 363. The van der Waals surface area contributed by atoms with Crippen molar-refractivity contribution in [2.24, 2.45) is 5.73 Å². The topological polar surface area (TPSA) is 63.3 Å². The van der Waals surface area contributed by atoms with Gasteiger partial charge >= 0.3 is 5.97 Å². The first-order chi connectivity index (χ1) is 6.95. The Balaban J connectivity index is 2.85. The first-order valence-electron chi connectivity index (χ1n) is 4.62. The smallest absolute Gasteiger partial charge is 0.323 e. The second-order valence-electron chi connectivity index (χ2n) is 3.85. The summed E-state index contributed by atoms with van der Waals surface area (Å²) in [5, 5.41) is 8.88. The van der Waals surface area contributed by atoms with Crippen molar-refractivity contribution in [3.63, 3.8) is 0 Å². The average Bonchev–Trinajstić information content (AvgIpc) is 2.17. The normalized spacial score (nSPS) is 14.6. The molecule has 0 bridgehead atoms. The van der Waals surface area contributed by atoms with Crippen LogP contribution in [0.2, 0.25) is 0 Å². The van der Waals surface area contributed by atoms with Gasteiger partial charge in [-0.15, -0.1) is 11.6 Å². The monoisotopic (exact) mass is 227 g/mol. The van der Waals surface area contributed by atoms with Crippen molar-refractivity contribution in [2.75, 3.05) is 0 Å². The van der Waals surface area contributed by atoms with E-state index in [4.69, 9.17) is 22.4 Å². The maximum Gasteiger partial charge on any atom is 0.323 e. The lowest BCUT2D eigenvalue weighted by Crippen LogP contribution is -2.46. The predicted octanol–water partition coefficient (Wildman–Crippen LogP) is 1.77. The van der Waals surface area contributed by atoms with E-state index in [0.717, 1.165) is 11.1 Å². The molecular weight excluding hydrogens is 214 g/mol. The van der Waals surface area contributed by atoms with Gasteiger partial charge in [0, 0.05) is 12.3 Å². The first kappa shape index (κ1) is 12.0. The largest absolute Gasteiger partial charge is 0.480 e. The van der Waals surface area contributed by atoms with Crippen molar-refractivity contribution in [2.45, 2.75) is 24.8 Å². The summed E-state index contributed by atoms with van der Waals surface area (Å²) in [5.41, 5.74) is 6.28. The molecule has 0 aliphatic heterocycles. The number of hydrogen-bond acceptors (Lipinski definition) is 2. The molecule has 1 atom stereocenters. The SMILES string of the molecule is CC(N)(Cc1cccc(CCl)c1)C(=O)O. The van der Waals surface area contributed by atoms with E-state index in [1.165, 1.54) is 6.92 Å². The highest BCUT2D eigenvalue weighted by Gasteiger charge is 2.27. The summed E-state index contributed by atoms with van der Waals surface area (Å²) in [7, 11) is 0. The Morgan fingerprint density at radius 3 is 2.67 bits per heavy atom. The zero-order valence-corrected chi connectivity index (χ0v) is 9.29. The third-order valence-electron chi connectivity index (χ3n) is 2.21.